The summed E-state index contributed by atoms with van der Waals surface area (Å²) in [4.78, 5) is 61.7. The maximum atomic E-state index is 13.1. The van der Waals surface area contributed by atoms with Crippen molar-refractivity contribution in [2.24, 2.45) is 17.4 Å². The molecule has 1 aromatic rings. The summed E-state index contributed by atoms with van der Waals surface area (Å²) in [5.74, 6) is -3.67. The Bertz CT molecular complexity index is 942. The van der Waals surface area contributed by atoms with Crippen LogP contribution in [0.15, 0.2) is 24.3 Å². The van der Waals surface area contributed by atoms with Gasteiger partial charge in [-0.15, -0.1) is 0 Å². The molecule has 9 N–H and O–H groups in total. The third-order valence-corrected chi connectivity index (χ3v) is 6.21. The zero-order valence-corrected chi connectivity index (χ0v) is 22.0. The number of hydrogen-bond acceptors (Lipinski definition) is 8. The first-order chi connectivity index (χ1) is 17.3. The van der Waals surface area contributed by atoms with Crippen LogP contribution in [0.5, 0.6) is 5.75 Å². The molecule has 0 radical (unpaired) electrons. The largest absolute Gasteiger partial charge is 0.508 e. The summed E-state index contributed by atoms with van der Waals surface area (Å²) < 4.78 is 0. The van der Waals surface area contributed by atoms with Crippen LogP contribution >= 0.6 is 11.8 Å². The van der Waals surface area contributed by atoms with Gasteiger partial charge in [-0.3, -0.25) is 19.2 Å². The first-order valence-electron chi connectivity index (χ1n) is 11.8. The van der Waals surface area contributed by atoms with Gasteiger partial charge < -0.3 is 37.6 Å². The number of carboxylic acids is 1. The molecule has 0 heterocycles. The summed E-state index contributed by atoms with van der Waals surface area (Å²) in [6.07, 6.45) is 1.59. The Balaban J connectivity index is 3.04. The number of hydrogen-bond donors (Lipinski definition) is 7. The number of nitrogens with two attached hydrogens (primary N) is 2. The van der Waals surface area contributed by atoms with Crippen LogP contribution in [0.2, 0.25) is 0 Å². The molecule has 1 rings (SSSR count). The van der Waals surface area contributed by atoms with Gasteiger partial charge in [0.05, 0.1) is 6.04 Å². The van der Waals surface area contributed by atoms with Gasteiger partial charge in [0, 0.05) is 12.8 Å². The van der Waals surface area contributed by atoms with Crippen molar-refractivity contribution in [1.29, 1.82) is 0 Å². The third kappa shape index (κ3) is 11.5. The number of thioether (sulfide) groups is 1. The fourth-order valence-electron chi connectivity index (χ4n) is 3.24. The standard InChI is InChI=1S/C24H37N5O7S/c1-13(2)20(26)23(34)28-17(10-11-37-3)22(33)27-16(8-9-19(25)31)21(32)29-18(24(35)36)12-14-4-6-15(30)7-5-14/h4-7,13,16-18,20,30H,8-12,26H2,1-3H3,(H2,25,31)(H,27,33)(H,28,34)(H,29,32)(H,35,36). The van der Waals surface area contributed by atoms with Crippen LogP contribution in [0.1, 0.15) is 38.7 Å². The highest BCUT2D eigenvalue weighted by atomic mass is 32.2. The minimum absolute atomic E-state index is 0.00589. The maximum Gasteiger partial charge on any atom is 0.326 e. The van der Waals surface area contributed by atoms with E-state index in [2.05, 4.69) is 16.0 Å². The van der Waals surface area contributed by atoms with Gasteiger partial charge in [-0.1, -0.05) is 26.0 Å². The fourth-order valence-corrected chi connectivity index (χ4v) is 3.71. The summed E-state index contributed by atoms with van der Waals surface area (Å²) in [6, 6.07) is 1.35. The van der Waals surface area contributed by atoms with Crippen LogP contribution in [-0.4, -0.2) is 76.0 Å². The molecule has 12 nitrogen and oxygen atoms in total. The van der Waals surface area contributed by atoms with Gasteiger partial charge in [-0.25, -0.2) is 4.79 Å². The van der Waals surface area contributed by atoms with E-state index >= 15 is 0 Å². The van der Waals surface area contributed by atoms with E-state index in [4.69, 9.17) is 11.5 Å². The summed E-state index contributed by atoms with van der Waals surface area (Å²) in [6.45, 7) is 3.53. The second-order valence-electron chi connectivity index (χ2n) is 8.95. The van der Waals surface area contributed by atoms with E-state index in [-0.39, 0.29) is 37.4 Å². The van der Waals surface area contributed by atoms with Crippen molar-refractivity contribution in [3.05, 3.63) is 29.8 Å². The van der Waals surface area contributed by atoms with E-state index in [0.29, 0.717) is 11.3 Å². The second kappa shape index (κ2) is 15.7. The van der Waals surface area contributed by atoms with E-state index in [1.165, 1.54) is 36.0 Å². The molecule has 4 unspecified atom stereocenters. The number of phenolic OH excluding ortho intramolecular Hbond substituents is 1. The number of aromatic hydroxyl groups is 1. The van der Waals surface area contributed by atoms with Crippen molar-refractivity contribution in [3.8, 4) is 5.75 Å². The smallest absolute Gasteiger partial charge is 0.326 e. The molecule has 4 amide bonds. The molecule has 0 aliphatic rings. The van der Waals surface area contributed by atoms with Gasteiger partial charge in [0.2, 0.25) is 23.6 Å². The lowest BCUT2D eigenvalue weighted by atomic mass is 10.0. The van der Waals surface area contributed by atoms with Crippen molar-refractivity contribution in [3.63, 3.8) is 0 Å². The third-order valence-electron chi connectivity index (χ3n) is 5.57. The molecule has 37 heavy (non-hydrogen) atoms. The number of aliphatic carboxylic acids is 1. The van der Waals surface area contributed by atoms with Crippen LogP contribution in [0.4, 0.5) is 0 Å². The zero-order chi connectivity index (χ0) is 28.1. The Morgan fingerprint density at radius 3 is 1.89 bits per heavy atom. The Hall–Kier alpha value is -3.32. The lowest BCUT2D eigenvalue weighted by Gasteiger charge is -2.25. The highest BCUT2D eigenvalue weighted by Crippen LogP contribution is 2.12. The Morgan fingerprint density at radius 1 is 0.892 bits per heavy atom. The number of rotatable bonds is 16. The van der Waals surface area contributed by atoms with Crippen molar-refractivity contribution in [1.82, 2.24) is 16.0 Å². The molecule has 0 aromatic heterocycles. The van der Waals surface area contributed by atoms with Crippen molar-refractivity contribution < 1.29 is 34.2 Å². The van der Waals surface area contributed by atoms with E-state index in [1.54, 1.807) is 13.8 Å². The summed E-state index contributed by atoms with van der Waals surface area (Å²) >= 11 is 1.46. The SMILES string of the molecule is CSCCC(NC(=O)C(N)C(C)C)C(=O)NC(CCC(N)=O)C(=O)NC(Cc1ccc(O)cc1)C(=O)O. The van der Waals surface area contributed by atoms with Gasteiger partial charge >= 0.3 is 5.97 Å². The molecule has 13 heteroatoms. The number of phenols is 1. The lowest BCUT2D eigenvalue weighted by Crippen LogP contribution is -2.57. The van der Waals surface area contributed by atoms with Crippen molar-refractivity contribution in [2.75, 3.05) is 12.0 Å². The first-order valence-corrected chi connectivity index (χ1v) is 13.2. The number of carboxylic acid groups (broad SMARTS) is 1. The molecule has 0 bridgehead atoms. The number of carbonyl (C=O) groups is 5. The number of nitrogens with one attached hydrogen (secondary N) is 3. The van der Waals surface area contributed by atoms with Crippen LogP contribution in [0.25, 0.3) is 0 Å². The van der Waals surface area contributed by atoms with Gasteiger partial charge in [0.25, 0.3) is 0 Å². The molecule has 206 valence electrons. The fraction of sp³-hybridized carbons (Fsp3) is 0.542. The average molecular weight is 540 g/mol. The van der Waals surface area contributed by atoms with Crippen molar-refractivity contribution in [2.45, 2.75) is 63.7 Å². The first kappa shape index (κ1) is 31.7. The monoisotopic (exact) mass is 539 g/mol. The Morgan fingerprint density at radius 2 is 1.41 bits per heavy atom. The number of amides is 4. The highest BCUT2D eigenvalue weighted by Gasteiger charge is 2.31. The number of benzene rings is 1. The van der Waals surface area contributed by atoms with E-state index < -0.39 is 53.8 Å². The highest BCUT2D eigenvalue weighted by molar-refractivity contribution is 7.98. The molecule has 0 aliphatic heterocycles. The molecule has 4 atom stereocenters. The number of primary amides is 1. The summed E-state index contributed by atoms with van der Waals surface area (Å²) in [5, 5.41) is 26.5. The predicted molar refractivity (Wildman–Crippen MR) is 139 cm³/mol. The topological polar surface area (TPSA) is 214 Å². The quantitative estimate of drug-likeness (QED) is 0.144. The minimum atomic E-state index is -1.35. The van der Waals surface area contributed by atoms with E-state index in [1.807, 2.05) is 6.26 Å². The lowest BCUT2D eigenvalue weighted by molar-refractivity contribution is -0.142. The average Bonchev–Trinajstić information content (AvgIpc) is 2.83. The second-order valence-corrected chi connectivity index (χ2v) is 9.93. The molecule has 0 saturated heterocycles. The summed E-state index contributed by atoms with van der Waals surface area (Å²) in [7, 11) is 0. The van der Waals surface area contributed by atoms with E-state index in [0.717, 1.165) is 0 Å². The Labute approximate surface area is 220 Å². The molecular weight excluding hydrogens is 502 g/mol. The minimum Gasteiger partial charge on any atom is -0.508 e. The van der Waals surface area contributed by atoms with Gasteiger partial charge in [0.1, 0.15) is 23.9 Å². The van der Waals surface area contributed by atoms with Crippen molar-refractivity contribution >= 4 is 41.4 Å². The van der Waals surface area contributed by atoms with Gasteiger partial charge in [0.15, 0.2) is 0 Å². The number of carbonyl (C=O) groups excluding carboxylic acids is 4. The Kier molecular flexibility index (Phi) is 13.5. The van der Waals surface area contributed by atoms with Crippen LogP contribution < -0.4 is 27.4 Å². The van der Waals surface area contributed by atoms with Crippen LogP contribution in [0.3, 0.4) is 0 Å². The van der Waals surface area contributed by atoms with Crippen LogP contribution in [0, 0.1) is 5.92 Å². The molecule has 0 saturated carbocycles. The zero-order valence-electron chi connectivity index (χ0n) is 21.2. The normalized spacial score (nSPS) is 14.2. The maximum absolute atomic E-state index is 13.1. The predicted octanol–water partition coefficient (Wildman–Crippen LogP) is -0.524. The summed E-state index contributed by atoms with van der Waals surface area (Å²) in [5.41, 5.74) is 11.7. The van der Waals surface area contributed by atoms with Gasteiger partial charge in [-0.05, 0) is 48.5 Å². The molecule has 0 aliphatic carbocycles. The van der Waals surface area contributed by atoms with E-state index in [9.17, 15) is 34.2 Å². The molecule has 0 fully saturated rings. The van der Waals surface area contributed by atoms with Gasteiger partial charge in [-0.2, -0.15) is 11.8 Å². The van der Waals surface area contributed by atoms with Crippen LogP contribution in [-0.2, 0) is 30.4 Å². The molecule has 0 spiro atoms. The molecular formula is C24H37N5O7S. The molecule has 1 aromatic carbocycles.